The molecule has 1 heterocycles. The number of anilines is 1. The van der Waals surface area contributed by atoms with Crippen molar-refractivity contribution in [2.24, 2.45) is 52.3 Å². The smallest absolute Gasteiger partial charge is 0.326 e. The molecule has 0 bridgehead atoms. The first-order chi connectivity index (χ1) is 16.0. The molecule has 190 valence electrons. The minimum Gasteiger partial charge on any atom is -0.326 e. The van der Waals surface area contributed by atoms with Crippen molar-refractivity contribution >= 4 is 34.3 Å². The van der Waals surface area contributed by atoms with Gasteiger partial charge >= 0.3 is 6.18 Å². The molecule has 0 saturated heterocycles. The number of fused-ring (bicyclic) bond motifs is 5. The second-order valence-electron chi connectivity index (χ2n) is 12.5. The third kappa shape index (κ3) is 4.01. The molecule has 4 fully saturated rings. The predicted molar refractivity (Wildman–Crippen MR) is 134 cm³/mol. The van der Waals surface area contributed by atoms with E-state index in [0.29, 0.717) is 23.2 Å². The molecule has 1 N–H and O–H groups in total. The molecule has 5 rings (SSSR count). The van der Waals surface area contributed by atoms with E-state index in [0.717, 1.165) is 37.3 Å². The Labute approximate surface area is 214 Å². The number of ketones is 1. The van der Waals surface area contributed by atoms with Gasteiger partial charge in [-0.15, -0.1) is 0 Å². The third-order valence-corrected chi connectivity index (χ3v) is 11.2. The molecule has 0 aliphatic heterocycles. The number of hydrogen-bond donors (Lipinski definition) is 1. The first-order valence-electron chi connectivity index (χ1n) is 12.9. The van der Waals surface area contributed by atoms with E-state index in [1.165, 1.54) is 23.9 Å². The average Bonchev–Trinajstić information content (AvgIpc) is 3.34. The van der Waals surface area contributed by atoms with Crippen molar-refractivity contribution in [2.45, 2.75) is 84.9 Å². The van der Waals surface area contributed by atoms with Crippen molar-refractivity contribution in [3.8, 4) is 0 Å². The Morgan fingerprint density at radius 3 is 2.56 bits per heavy atom. The number of rotatable bonds is 4. The standard InChI is InChI=1S/C26H37F3IN3O/c1-15-4-5-19-17-7-9-25(3)20(18(17)6-8-24(19,2)11-15)10-21(26(27,28)29)23(25)22(34)14-33-13-16(32-30)12-31-33/h12-13,15,17-21,23,32H,4-11,14H2,1-3H3/t15-,17?,18?,19+,20?,21-,23?,24+,25-/m0/s1. The van der Waals surface area contributed by atoms with Crippen LogP contribution in [0, 0.1) is 52.3 Å². The van der Waals surface area contributed by atoms with Crippen LogP contribution in [-0.4, -0.2) is 21.7 Å². The summed E-state index contributed by atoms with van der Waals surface area (Å²) in [7, 11) is 0. The molecule has 0 amide bonds. The molecule has 9 atom stereocenters. The number of aromatic nitrogens is 2. The van der Waals surface area contributed by atoms with Crippen LogP contribution in [0.2, 0.25) is 0 Å². The number of nitrogens with one attached hydrogen (secondary N) is 1. The lowest BCUT2D eigenvalue weighted by molar-refractivity contribution is -0.191. The predicted octanol–water partition coefficient (Wildman–Crippen LogP) is 7.30. The highest BCUT2D eigenvalue weighted by atomic mass is 127. The Hall–Kier alpha value is -0.800. The highest BCUT2D eigenvalue weighted by Crippen LogP contribution is 2.69. The second kappa shape index (κ2) is 8.65. The topological polar surface area (TPSA) is 46.9 Å². The molecule has 4 nitrogen and oxygen atoms in total. The summed E-state index contributed by atoms with van der Waals surface area (Å²) in [5.41, 5.74) is 0.504. The highest BCUT2D eigenvalue weighted by Gasteiger charge is 2.67. The Morgan fingerprint density at radius 1 is 1.18 bits per heavy atom. The van der Waals surface area contributed by atoms with Crippen LogP contribution in [0.1, 0.15) is 72.1 Å². The van der Waals surface area contributed by atoms with E-state index in [2.05, 4.69) is 22.5 Å². The van der Waals surface area contributed by atoms with Gasteiger partial charge in [0.15, 0.2) is 5.78 Å². The van der Waals surface area contributed by atoms with E-state index in [9.17, 15) is 18.0 Å². The molecule has 4 unspecified atom stereocenters. The van der Waals surface area contributed by atoms with Gasteiger partial charge in [0.1, 0.15) is 0 Å². The molecule has 4 aliphatic rings. The highest BCUT2D eigenvalue weighted by molar-refractivity contribution is 14.1. The van der Waals surface area contributed by atoms with Crippen molar-refractivity contribution in [3.05, 3.63) is 12.4 Å². The van der Waals surface area contributed by atoms with E-state index in [1.54, 1.807) is 12.4 Å². The maximum absolute atomic E-state index is 14.4. The number of halogens is 4. The lowest BCUT2D eigenvalue weighted by Gasteiger charge is -2.59. The molecule has 4 aliphatic carbocycles. The maximum Gasteiger partial charge on any atom is 0.392 e. The van der Waals surface area contributed by atoms with Crippen LogP contribution < -0.4 is 3.53 Å². The van der Waals surface area contributed by atoms with Crippen molar-refractivity contribution in [1.82, 2.24) is 9.78 Å². The summed E-state index contributed by atoms with van der Waals surface area (Å²) in [4.78, 5) is 13.5. The third-order valence-electron chi connectivity index (χ3n) is 10.6. The van der Waals surface area contributed by atoms with Crippen LogP contribution in [0.25, 0.3) is 0 Å². The molecule has 1 aromatic rings. The van der Waals surface area contributed by atoms with Gasteiger partial charge in [-0.2, -0.15) is 18.3 Å². The Kier molecular flexibility index (Phi) is 6.33. The largest absolute Gasteiger partial charge is 0.392 e. The van der Waals surface area contributed by atoms with Crippen LogP contribution in [-0.2, 0) is 11.3 Å². The molecular weight excluding hydrogens is 554 g/mol. The van der Waals surface area contributed by atoms with E-state index >= 15 is 0 Å². The van der Waals surface area contributed by atoms with E-state index < -0.39 is 23.4 Å². The van der Waals surface area contributed by atoms with Gasteiger partial charge in [0.2, 0.25) is 0 Å². The summed E-state index contributed by atoms with van der Waals surface area (Å²) >= 11 is 1.97. The van der Waals surface area contributed by atoms with Gasteiger partial charge in [0, 0.05) is 12.1 Å². The van der Waals surface area contributed by atoms with Crippen LogP contribution in [0.4, 0.5) is 18.9 Å². The lowest BCUT2D eigenvalue weighted by atomic mass is 9.45. The number of alkyl halides is 3. The van der Waals surface area contributed by atoms with Crippen LogP contribution >= 0.6 is 22.9 Å². The summed E-state index contributed by atoms with van der Waals surface area (Å²) in [5, 5.41) is 4.18. The van der Waals surface area contributed by atoms with E-state index in [1.807, 2.05) is 29.8 Å². The molecule has 8 heteroatoms. The van der Waals surface area contributed by atoms with Crippen molar-refractivity contribution in [1.29, 1.82) is 0 Å². The summed E-state index contributed by atoms with van der Waals surface area (Å²) < 4.78 is 47.6. The first kappa shape index (κ1) is 24.9. The number of Topliss-reactive ketones (excluding diaryl/α,β-unsaturated/α-hetero) is 1. The second-order valence-corrected chi connectivity index (χ2v) is 13.1. The molecule has 0 aromatic carbocycles. The van der Waals surface area contributed by atoms with Gasteiger partial charge < -0.3 is 3.53 Å². The molecular formula is C26H37F3IN3O. The summed E-state index contributed by atoms with van der Waals surface area (Å²) in [6, 6.07) is 0. The number of carbonyl (C=O) groups excluding carboxylic acids is 1. The molecule has 1 aromatic heterocycles. The van der Waals surface area contributed by atoms with E-state index in [4.69, 9.17) is 0 Å². The van der Waals surface area contributed by atoms with Crippen LogP contribution in [0.3, 0.4) is 0 Å². The molecule has 34 heavy (non-hydrogen) atoms. The Bertz CT molecular complexity index is 935. The Balaban J connectivity index is 1.43. The van der Waals surface area contributed by atoms with E-state index in [-0.39, 0.29) is 24.7 Å². The maximum atomic E-state index is 14.4. The van der Waals surface area contributed by atoms with Gasteiger partial charge in [0.25, 0.3) is 0 Å². The minimum atomic E-state index is -4.35. The zero-order chi connectivity index (χ0) is 24.5. The zero-order valence-corrected chi connectivity index (χ0v) is 22.5. The van der Waals surface area contributed by atoms with Gasteiger partial charge in [-0.05, 0) is 85.4 Å². The van der Waals surface area contributed by atoms with Crippen LogP contribution in [0.15, 0.2) is 12.4 Å². The van der Waals surface area contributed by atoms with Gasteiger partial charge in [-0.3, -0.25) is 9.48 Å². The number of nitrogens with zero attached hydrogens (tertiary/aromatic N) is 2. The SMILES string of the molecule is C[C@H]1CC[C@@H]2C3CC[C@@]4(C)C(C[C@H](C(F)(F)F)C4C(=O)Cn4cc(NI)cn4)C3CC[C@]2(C)C1. The fraction of sp³-hybridized carbons (Fsp3) is 0.846. The average molecular weight is 591 g/mol. The summed E-state index contributed by atoms with van der Waals surface area (Å²) in [6.07, 6.45) is 6.65. The van der Waals surface area contributed by atoms with Crippen molar-refractivity contribution in [2.75, 3.05) is 3.53 Å². The van der Waals surface area contributed by atoms with Crippen LogP contribution in [0.5, 0.6) is 0 Å². The zero-order valence-electron chi connectivity index (χ0n) is 20.4. The number of carbonyl (C=O) groups is 1. The lowest BCUT2D eigenvalue weighted by Crippen LogP contribution is -2.52. The van der Waals surface area contributed by atoms with Crippen molar-refractivity contribution < 1.29 is 18.0 Å². The Morgan fingerprint density at radius 2 is 1.88 bits per heavy atom. The fourth-order valence-electron chi connectivity index (χ4n) is 9.33. The number of hydrogen-bond acceptors (Lipinski definition) is 3. The molecule has 0 radical (unpaired) electrons. The monoisotopic (exact) mass is 591 g/mol. The van der Waals surface area contributed by atoms with Crippen molar-refractivity contribution in [3.63, 3.8) is 0 Å². The first-order valence-corrected chi connectivity index (χ1v) is 14.0. The fourth-order valence-corrected chi connectivity index (χ4v) is 9.61. The van der Waals surface area contributed by atoms with Gasteiger partial charge in [-0.25, -0.2) is 0 Å². The normalized spacial score (nSPS) is 44.1. The quantitative estimate of drug-likeness (QED) is 0.296. The molecule has 4 saturated carbocycles. The van der Waals surface area contributed by atoms with Gasteiger partial charge in [0.05, 0.1) is 47.2 Å². The minimum absolute atomic E-state index is 0.0140. The van der Waals surface area contributed by atoms with Gasteiger partial charge in [-0.1, -0.05) is 27.2 Å². The summed E-state index contributed by atoms with van der Waals surface area (Å²) in [6.45, 7) is 6.72. The summed E-state index contributed by atoms with van der Waals surface area (Å²) in [5.74, 6) is -0.595. The molecule has 0 spiro atoms.